The molecule has 0 saturated heterocycles. The monoisotopic (exact) mass is 366 g/mol. The standard InChI is InChI=1S/C13H22N2O6S2/c1-13(2,3)21-12(18)15-7-6-8(16)11(17)9-4-5-10(22-9)23(14,19)20/h4-5,8,11,16-17H,6-7H2,1-3H3,(H,15,18)(H2,14,19,20). The zero-order valence-electron chi connectivity index (χ0n) is 13.1. The first-order chi connectivity index (χ1) is 10.4. The van der Waals surface area contributed by atoms with E-state index in [0.717, 1.165) is 11.3 Å². The number of alkyl carbamates (subject to hydrolysis) is 1. The largest absolute Gasteiger partial charge is 0.444 e. The van der Waals surface area contributed by atoms with E-state index in [2.05, 4.69) is 5.32 Å². The summed E-state index contributed by atoms with van der Waals surface area (Å²) >= 11 is 0.789. The Hall–Kier alpha value is -1.20. The van der Waals surface area contributed by atoms with Gasteiger partial charge in [0.2, 0.25) is 10.0 Å². The highest BCUT2D eigenvalue weighted by Crippen LogP contribution is 2.28. The third-order valence-electron chi connectivity index (χ3n) is 2.65. The van der Waals surface area contributed by atoms with E-state index < -0.39 is 33.9 Å². The van der Waals surface area contributed by atoms with Gasteiger partial charge in [-0.2, -0.15) is 0 Å². The number of hydrogen-bond acceptors (Lipinski definition) is 7. The van der Waals surface area contributed by atoms with Crippen molar-refractivity contribution < 1.29 is 28.2 Å². The molecule has 1 heterocycles. The lowest BCUT2D eigenvalue weighted by molar-refractivity contribution is 0.0143. The third-order valence-corrected chi connectivity index (χ3v) is 5.24. The van der Waals surface area contributed by atoms with Crippen molar-refractivity contribution in [3.63, 3.8) is 0 Å². The van der Waals surface area contributed by atoms with Crippen LogP contribution in [0.15, 0.2) is 16.3 Å². The summed E-state index contributed by atoms with van der Waals surface area (Å²) in [6.45, 7) is 5.28. The van der Waals surface area contributed by atoms with Crippen LogP contribution >= 0.6 is 11.3 Å². The highest BCUT2D eigenvalue weighted by molar-refractivity contribution is 7.91. The fraction of sp³-hybridized carbons (Fsp3) is 0.615. The Labute approximate surface area is 139 Å². The number of thiophene rings is 1. The Morgan fingerprint density at radius 1 is 1.39 bits per heavy atom. The van der Waals surface area contributed by atoms with Crippen LogP contribution in [-0.2, 0) is 14.8 Å². The van der Waals surface area contributed by atoms with Crippen LogP contribution in [-0.4, -0.2) is 43.0 Å². The molecule has 2 atom stereocenters. The fourth-order valence-corrected chi connectivity index (χ4v) is 3.42. The van der Waals surface area contributed by atoms with Crippen LogP contribution in [0, 0.1) is 0 Å². The molecule has 0 aromatic carbocycles. The van der Waals surface area contributed by atoms with Gasteiger partial charge in [-0.1, -0.05) is 0 Å². The molecule has 5 N–H and O–H groups in total. The number of nitrogens with two attached hydrogens (primary N) is 1. The van der Waals surface area contributed by atoms with Crippen molar-refractivity contribution in [1.29, 1.82) is 0 Å². The first kappa shape index (κ1) is 19.8. The van der Waals surface area contributed by atoms with Gasteiger partial charge >= 0.3 is 6.09 Å². The highest BCUT2D eigenvalue weighted by atomic mass is 32.2. The van der Waals surface area contributed by atoms with Crippen molar-refractivity contribution in [3.05, 3.63) is 17.0 Å². The molecule has 2 unspecified atom stereocenters. The molecule has 0 radical (unpaired) electrons. The van der Waals surface area contributed by atoms with Crippen molar-refractivity contribution in [2.45, 2.75) is 49.2 Å². The average molecular weight is 366 g/mol. The molecule has 0 aliphatic heterocycles. The topological polar surface area (TPSA) is 139 Å². The minimum absolute atomic E-state index is 0.0724. The number of hydrogen-bond donors (Lipinski definition) is 4. The number of rotatable bonds is 6. The van der Waals surface area contributed by atoms with E-state index in [1.165, 1.54) is 12.1 Å². The van der Waals surface area contributed by atoms with Gasteiger partial charge in [0.15, 0.2) is 0 Å². The molecule has 8 nitrogen and oxygen atoms in total. The van der Waals surface area contributed by atoms with Gasteiger partial charge in [0.05, 0.1) is 6.10 Å². The molecule has 1 amide bonds. The van der Waals surface area contributed by atoms with E-state index in [0.29, 0.717) is 0 Å². The Bertz CT molecular complexity index is 635. The van der Waals surface area contributed by atoms with E-state index in [9.17, 15) is 23.4 Å². The zero-order chi connectivity index (χ0) is 17.8. The predicted molar refractivity (Wildman–Crippen MR) is 85.5 cm³/mol. The molecule has 0 spiro atoms. The number of aliphatic hydroxyl groups excluding tert-OH is 2. The molecule has 132 valence electrons. The SMILES string of the molecule is CC(C)(C)OC(=O)NCCC(O)C(O)c1ccc(S(N)(=O)=O)s1. The first-order valence-electron chi connectivity index (χ1n) is 6.85. The second kappa shape index (κ2) is 7.58. The molecular weight excluding hydrogens is 344 g/mol. The zero-order valence-corrected chi connectivity index (χ0v) is 14.8. The summed E-state index contributed by atoms with van der Waals surface area (Å²) in [6, 6.07) is 2.66. The molecule has 0 bridgehead atoms. The Balaban J connectivity index is 2.50. The highest BCUT2D eigenvalue weighted by Gasteiger charge is 2.23. The molecule has 1 aromatic rings. The number of sulfonamides is 1. The van der Waals surface area contributed by atoms with Crippen LogP contribution in [0.4, 0.5) is 4.79 Å². The molecule has 0 aliphatic carbocycles. The predicted octanol–water partition coefficient (Wildman–Crippen LogP) is 0.705. The maximum absolute atomic E-state index is 11.4. The van der Waals surface area contributed by atoms with Gasteiger partial charge in [-0.15, -0.1) is 11.3 Å². The molecule has 10 heteroatoms. The van der Waals surface area contributed by atoms with Gasteiger partial charge in [-0.25, -0.2) is 18.4 Å². The van der Waals surface area contributed by atoms with Crippen LogP contribution in [0.2, 0.25) is 0 Å². The van der Waals surface area contributed by atoms with Gasteiger partial charge in [-0.05, 0) is 39.3 Å². The van der Waals surface area contributed by atoms with E-state index in [-0.39, 0.29) is 22.1 Å². The molecule has 0 fully saturated rings. The van der Waals surface area contributed by atoms with Gasteiger partial charge in [0, 0.05) is 11.4 Å². The molecule has 0 aliphatic rings. The Morgan fingerprint density at radius 3 is 2.48 bits per heavy atom. The van der Waals surface area contributed by atoms with Gasteiger partial charge in [-0.3, -0.25) is 0 Å². The normalized spacial score (nSPS) is 15.0. The van der Waals surface area contributed by atoms with Crippen LogP contribution in [0.5, 0.6) is 0 Å². The molecule has 1 aromatic heterocycles. The van der Waals surface area contributed by atoms with Crippen LogP contribution in [0.25, 0.3) is 0 Å². The summed E-state index contributed by atoms with van der Waals surface area (Å²) in [6.07, 6.45) is -2.98. The van der Waals surface area contributed by atoms with Crippen molar-refractivity contribution in [3.8, 4) is 0 Å². The molecule has 23 heavy (non-hydrogen) atoms. The summed E-state index contributed by atoms with van der Waals surface area (Å²) in [5, 5.41) is 27.4. The Kier molecular flexibility index (Phi) is 6.54. The summed E-state index contributed by atoms with van der Waals surface area (Å²) in [5.41, 5.74) is -0.622. The number of carbonyl (C=O) groups excluding carboxylic acids is 1. The molecular formula is C13H22N2O6S2. The second-order valence-electron chi connectivity index (χ2n) is 5.93. The van der Waals surface area contributed by atoms with Crippen LogP contribution < -0.4 is 10.5 Å². The number of amides is 1. The van der Waals surface area contributed by atoms with Crippen LogP contribution in [0.3, 0.4) is 0 Å². The lowest BCUT2D eigenvalue weighted by atomic mass is 10.1. The first-order valence-corrected chi connectivity index (χ1v) is 9.22. The summed E-state index contributed by atoms with van der Waals surface area (Å²) in [5.74, 6) is 0. The van der Waals surface area contributed by atoms with E-state index >= 15 is 0 Å². The van der Waals surface area contributed by atoms with Crippen molar-refractivity contribution in [1.82, 2.24) is 5.32 Å². The van der Waals surface area contributed by atoms with E-state index in [1.807, 2.05) is 0 Å². The molecule has 0 saturated carbocycles. The van der Waals surface area contributed by atoms with E-state index in [4.69, 9.17) is 9.88 Å². The smallest absolute Gasteiger partial charge is 0.407 e. The molecule has 1 rings (SSSR count). The van der Waals surface area contributed by atoms with E-state index in [1.54, 1.807) is 20.8 Å². The van der Waals surface area contributed by atoms with Crippen molar-refractivity contribution in [2.75, 3.05) is 6.54 Å². The number of nitrogens with one attached hydrogen (secondary N) is 1. The lowest BCUT2D eigenvalue weighted by Crippen LogP contribution is -2.34. The fourth-order valence-electron chi connectivity index (χ4n) is 1.63. The van der Waals surface area contributed by atoms with Crippen LogP contribution in [0.1, 0.15) is 38.2 Å². The summed E-state index contributed by atoms with van der Waals surface area (Å²) in [4.78, 5) is 11.7. The van der Waals surface area contributed by atoms with Crippen molar-refractivity contribution in [2.24, 2.45) is 5.14 Å². The summed E-state index contributed by atoms with van der Waals surface area (Å²) < 4.78 is 27.3. The summed E-state index contributed by atoms with van der Waals surface area (Å²) in [7, 11) is -3.83. The minimum atomic E-state index is -3.83. The number of aliphatic hydroxyl groups is 2. The lowest BCUT2D eigenvalue weighted by Gasteiger charge is -2.20. The van der Waals surface area contributed by atoms with Crippen molar-refractivity contribution >= 4 is 27.5 Å². The number of primary sulfonamides is 1. The van der Waals surface area contributed by atoms with Gasteiger partial charge < -0.3 is 20.3 Å². The van der Waals surface area contributed by atoms with Gasteiger partial charge in [0.1, 0.15) is 15.9 Å². The minimum Gasteiger partial charge on any atom is -0.444 e. The maximum Gasteiger partial charge on any atom is 0.407 e. The van der Waals surface area contributed by atoms with Gasteiger partial charge in [0.25, 0.3) is 0 Å². The number of ether oxygens (including phenoxy) is 1. The Morgan fingerprint density at radius 2 is 2.00 bits per heavy atom. The quantitative estimate of drug-likeness (QED) is 0.584. The number of carbonyl (C=O) groups is 1. The second-order valence-corrected chi connectivity index (χ2v) is 8.83. The third kappa shape index (κ3) is 6.83. The average Bonchev–Trinajstić information content (AvgIpc) is 2.84. The maximum atomic E-state index is 11.4.